The number of esters is 1. The number of anilines is 1. The first kappa shape index (κ1) is 28.5. The van der Waals surface area contributed by atoms with Gasteiger partial charge in [0.25, 0.3) is 0 Å². The van der Waals surface area contributed by atoms with Crippen LogP contribution in [0, 0.1) is 11.3 Å². The fourth-order valence-corrected chi connectivity index (χ4v) is 5.10. The lowest BCUT2D eigenvalue weighted by atomic mass is 10.00. The zero-order chi connectivity index (χ0) is 29.8. The average molecular weight is 565 g/mol. The number of fused-ring (bicyclic) bond motifs is 1. The first-order valence-corrected chi connectivity index (χ1v) is 13.6. The van der Waals surface area contributed by atoms with Crippen molar-refractivity contribution in [3.63, 3.8) is 0 Å². The van der Waals surface area contributed by atoms with Gasteiger partial charge in [0.05, 0.1) is 42.2 Å². The fourth-order valence-electron chi connectivity index (χ4n) is 5.10. The second kappa shape index (κ2) is 12.3. The van der Waals surface area contributed by atoms with Gasteiger partial charge in [-0.2, -0.15) is 5.26 Å². The molecule has 1 amide bonds. The first-order valence-electron chi connectivity index (χ1n) is 13.6. The molecule has 1 fully saturated rings. The smallest absolute Gasteiger partial charge is 0.337 e. The highest BCUT2D eigenvalue weighted by molar-refractivity contribution is 6.22. The summed E-state index contributed by atoms with van der Waals surface area (Å²) in [6, 6.07) is 23.8. The molecule has 1 aliphatic rings. The van der Waals surface area contributed by atoms with E-state index in [1.54, 1.807) is 30.1 Å². The highest BCUT2D eigenvalue weighted by Gasteiger charge is 2.28. The topological polar surface area (TPSA) is 125 Å². The first-order chi connectivity index (χ1) is 20.3. The maximum Gasteiger partial charge on any atom is 0.337 e. The Morgan fingerprint density at radius 2 is 1.83 bits per heavy atom. The van der Waals surface area contributed by atoms with Crippen molar-refractivity contribution in [2.24, 2.45) is 4.99 Å². The molecule has 10 heteroatoms. The standard InChI is InChI=1S/C32H32N6O4/c1-36-15-16-38(25(18-33)19-36)20-28(39)37(2)24-12-10-23(11-13-24)34-30(21-7-5-4-6-8-21)29-26-14-9-22(32(41)42-3)17-27(26)35-31(29)40/h4-14,17,25,35,40H,15-16,19-20H2,1-3H3. The van der Waals surface area contributed by atoms with Gasteiger partial charge < -0.3 is 24.6 Å². The van der Waals surface area contributed by atoms with Crippen LogP contribution in [0.1, 0.15) is 21.5 Å². The number of hydrogen-bond acceptors (Lipinski definition) is 8. The Hall–Kier alpha value is -4.98. The number of carbonyl (C=O) groups excluding carboxylic acids is 2. The normalized spacial score (nSPS) is 16.2. The Morgan fingerprint density at radius 1 is 1.10 bits per heavy atom. The van der Waals surface area contributed by atoms with Gasteiger partial charge in [0.15, 0.2) is 5.88 Å². The van der Waals surface area contributed by atoms with Crippen LogP contribution in [0.5, 0.6) is 5.88 Å². The number of amides is 1. The third-order valence-electron chi connectivity index (χ3n) is 7.52. The van der Waals surface area contributed by atoms with Crippen LogP contribution in [-0.2, 0) is 9.53 Å². The highest BCUT2D eigenvalue weighted by Crippen LogP contribution is 2.32. The number of ether oxygens (including phenoxy) is 1. The van der Waals surface area contributed by atoms with Crippen LogP contribution >= 0.6 is 0 Å². The molecule has 1 saturated heterocycles. The number of likely N-dealkylation sites (N-methyl/N-ethyl adjacent to an activating group) is 2. The quantitative estimate of drug-likeness (QED) is 0.257. The van der Waals surface area contributed by atoms with Gasteiger partial charge >= 0.3 is 5.97 Å². The Balaban J connectivity index is 1.44. The Morgan fingerprint density at radius 3 is 2.52 bits per heavy atom. The van der Waals surface area contributed by atoms with Crippen molar-refractivity contribution in [2.45, 2.75) is 6.04 Å². The van der Waals surface area contributed by atoms with E-state index in [1.807, 2.05) is 66.5 Å². The van der Waals surface area contributed by atoms with Crippen LogP contribution < -0.4 is 4.90 Å². The van der Waals surface area contributed by atoms with E-state index in [-0.39, 0.29) is 24.4 Å². The van der Waals surface area contributed by atoms with Gasteiger partial charge in [-0.1, -0.05) is 36.4 Å². The number of aromatic hydroxyl groups is 1. The number of piperazine rings is 1. The fraction of sp³-hybridized carbons (Fsp3) is 0.250. The zero-order valence-corrected chi connectivity index (χ0v) is 23.7. The van der Waals surface area contributed by atoms with Crippen molar-refractivity contribution >= 4 is 39.9 Å². The van der Waals surface area contributed by atoms with Gasteiger partial charge in [0.2, 0.25) is 5.91 Å². The predicted molar refractivity (Wildman–Crippen MR) is 161 cm³/mol. The van der Waals surface area contributed by atoms with Crippen molar-refractivity contribution in [3.05, 3.63) is 89.5 Å². The SMILES string of the molecule is COC(=O)c1ccc2c(C(=Nc3ccc(N(C)C(=O)CN4CCN(C)CC4C#N)cc3)c3ccccc3)c(O)[nH]c2c1. The van der Waals surface area contributed by atoms with Crippen LogP contribution in [0.25, 0.3) is 10.9 Å². The molecule has 0 bridgehead atoms. The van der Waals surface area contributed by atoms with E-state index in [9.17, 15) is 20.0 Å². The summed E-state index contributed by atoms with van der Waals surface area (Å²) in [4.78, 5) is 38.6. The van der Waals surface area contributed by atoms with Crippen LogP contribution in [0.4, 0.5) is 11.4 Å². The van der Waals surface area contributed by atoms with Crippen molar-refractivity contribution < 1.29 is 19.4 Å². The summed E-state index contributed by atoms with van der Waals surface area (Å²) in [5, 5.41) is 21.2. The van der Waals surface area contributed by atoms with Crippen LogP contribution in [0.2, 0.25) is 0 Å². The second-order valence-corrected chi connectivity index (χ2v) is 10.3. The molecule has 0 aliphatic carbocycles. The number of carbonyl (C=O) groups is 2. The molecular weight excluding hydrogens is 532 g/mol. The van der Waals surface area contributed by atoms with Crippen LogP contribution in [0.15, 0.2) is 77.8 Å². The predicted octanol–water partition coefficient (Wildman–Crippen LogP) is 3.93. The minimum atomic E-state index is -0.471. The number of rotatable bonds is 7. The number of nitrogens with one attached hydrogen (secondary N) is 1. The molecule has 5 rings (SSSR count). The average Bonchev–Trinajstić information content (AvgIpc) is 3.35. The van der Waals surface area contributed by atoms with Crippen molar-refractivity contribution in [3.8, 4) is 11.9 Å². The summed E-state index contributed by atoms with van der Waals surface area (Å²) in [5.74, 6) is -0.645. The van der Waals surface area contributed by atoms with Gasteiger partial charge in [0, 0.05) is 48.8 Å². The lowest BCUT2D eigenvalue weighted by Crippen LogP contribution is -2.54. The number of aromatic amines is 1. The zero-order valence-electron chi connectivity index (χ0n) is 23.7. The largest absolute Gasteiger partial charge is 0.494 e. The molecule has 214 valence electrons. The highest BCUT2D eigenvalue weighted by atomic mass is 16.5. The molecule has 1 aliphatic heterocycles. The molecule has 3 aromatic carbocycles. The van der Waals surface area contributed by atoms with Gasteiger partial charge in [-0.25, -0.2) is 9.79 Å². The molecule has 1 atom stereocenters. The van der Waals surface area contributed by atoms with Crippen LogP contribution in [-0.4, -0.2) is 90.9 Å². The summed E-state index contributed by atoms with van der Waals surface area (Å²) >= 11 is 0. The summed E-state index contributed by atoms with van der Waals surface area (Å²) in [5.41, 5.74) is 4.10. The maximum atomic E-state index is 13.1. The lowest BCUT2D eigenvalue weighted by Gasteiger charge is -2.36. The van der Waals surface area contributed by atoms with E-state index < -0.39 is 5.97 Å². The number of hydrogen-bond donors (Lipinski definition) is 2. The summed E-state index contributed by atoms with van der Waals surface area (Å²) in [6.07, 6.45) is 0. The van der Waals surface area contributed by atoms with E-state index in [0.717, 1.165) is 12.1 Å². The molecule has 0 radical (unpaired) electrons. The minimum absolute atomic E-state index is 0.0730. The molecule has 10 nitrogen and oxygen atoms in total. The number of aromatic nitrogens is 1. The number of benzene rings is 3. The van der Waals surface area contributed by atoms with Gasteiger partial charge in [0.1, 0.15) is 6.04 Å². The lowest BCUT2D eigenvalue weighted by molar-refractivity contribution is -0.120. The van der Waals surface area contributed by atoms with E-state index in [2.05, 4.69) is 16.0 Å². The van der Waals surface area contributed by atoms with Gasteiger partial charge in [-0.05, 0) is 43.4 Å². The third-order valence-corrected chi connectivity index (χ3v) is 7.52. The molecule has 1 aromatic heterocycles. The monoisotopic (exact) mass is 564 g/mol. The second-order valence-electron chi connectivity index (χ2n) is 10.3. The summed E-state index contributed by atoms with van der Waals surface area (Å²) in [6.45, 7) is 2.25. The summed E-state index contributed by atoms with van der Waals surface area (Å²) < 4.78 is 4.83. The molecule has 42 heavy (non-hydrogen) atoms. The van der Waals surface area contributed by atoms with E-state index in [4.69, 9.17) is 9.73 Å². The molecule has 0 spiro atoms. The van der Waals surface area contributed by atoms with Gasteiger partial charge in [-0.3, -0.25) is 9.69 Å². The third kappa shape index (κ3) is 5.88. The molecule has 2 N–H and O–H groups in total. The molecular formula is C32H32N6O4. The Kier molecular flexibility index (Phi) is 8.33. The molecule has 1 unspecified atom stereocenters. The number of aliphatic imine (C=N–C) groups is 1. The van der Waals surface area contributed by atoms with Crippen molar-refractivity contribution in [1.82, 2.24) is 14.8 Å². The number of nitrogens with zero attached hydrogens (tertiary/aromatic N) is 5. The number of nitriles is 1. The molecule has 2 heterocycles. The number of methoxy groups -OCH3 is 1. The number of H-pyrrole nitrogens is 1. The Labute approximate surface area is 244 Å². The van der Waals surface area contributed by atoms with Crippen molar-refractivity contribution in [1.29, 1.82) is 5.26 Å². The molecule has 0 saturated carbocycles. The molecule has 4 aromatic rings. The van der Waals surface area contributed by atoms with E-state index >= 15 is 0 Å². The van der Waals surface area contributed by atoms with E-state index in [0.29, 0.717) is 52.2 Å². The van der Waals surface area contributed by atoms with Gasteiger partial charge in [-0.15, -0.1) is 0 Å². The maximum absolute atomic E-state index is 13.1. The minimum Gasteiger partial charge on any atom is -0.494 e. The summed E-state index contributed by atoms with van der Waals surface area (Å²) in [7, 11) is 5.02. The van der Waals surface area contributed by atoms with E-state index in [1.165, 1.54) is 7.11 Å². The van der Waals surface area contributed by atoms with Crippen LogP contribution in [0.3, 0.4) is 0 Å². The van der Waals surface area contributed by atoms with Crippen molar-refractivity contribution in [2.75, 3.05) is 52.3 Å². The Bertz CT molecular complexity index is 1670.